The second-order valence-electron chi connectivity index (χ2n) is 6.43. The van der Waals surface area contributed by atoms with E-state index in [0.29, 0.717) is 5.41 Å². The van der Waals surface area contributed by atoms with Crippen LogP contribution in [0.1, 0.15) is 49.1 Å². The average molecular weight is 278 g/mol. The highest BCUT2D eigenvalue weighted by molar-refractivity contribution is 6.18. The zero-order valence-corrected chi connectivity index (χ0v) is 12.4. The monoisotopic (exact) mass is 277 g/mol. The molecule has 1 aromatic rings. The molecule has 104 valence electrons. The Hall–Kier alpha value is -0.530. The van der Waals surface area contributed by atoms with Gasteiger partial charge >= 0.3 is 0 Å². The molecular formula is C17H24ClN. The predicted molar refractivity (Wildman–Crippen MR) is 82.0 cm³/mol. The summed E-state index contributed by atoms with van der Waals surface area (Å²) in [6.07, 6.45) is 7.99. The number of benzene rings is 1. The summed E-state index contributed by atoms with van der Waals surface area (Å²) in [4.78, 5) is 0. The van der Waals surface area contributed by atoms with Crippen LogP contribution in [0.2, 0.25) is 0 Å². The minimum absolute atomic E-state index is 0.378. The van der Waals surface area contributed by atoms with Crippen molar-refractivity contribution >= 4 is 11.6 Å². The molecule has 19 heavy (non-hydrogen) atoms. The molecule has 1 nitrogen and oxygen atoms in total. The van der Waals surface area contributed by atoms with Crippen molar-refractivity contribution < 1.29 is 0 Å². The molecular weight excluding hydrogens is 254 g/mol. The molecule has 3 rings (SSSR count). The van der Waals surface area contributed by atoms with Crippen molar-refractivity contribution in [2.75, 3.05) is 19.0 Å². The lowest BCUT2D eigenvalue weighted by molar-refractivity contribution is 0.211. The first-order chi connectivity index (χ1) is 9.33. The van der Waals surface area contributed by atoms with Gasteiger partial charge in [0.2, 0.25) is 0 Å². The van der Waals surface area contributed by atoms with Crippen LogP contribution in [0.15, 0.2) is 24.3 Å². The summed E-state index contributed by atoms with van der Waals surface area (Å²) in [7, 11) is 0. The van der Waals surface area contributed by atoms with E-state index in [9.17, 15) is 0 Å². The van der Waals surface area contributed by atoms with Crippen LogP contribution in [0.3, 0.4) is 0 Å². The third-order valence-electron chi connectivity index (χ3n) is 5.05. The van der Waals surface area contributed by atoms with Gasteiger partial charge in [-0.3, -0.25) is 0 Å². The number of halogens is 1. The minimum atomic E-state index is 0.378. The third kappa shape index (κ3) is 2.83. The number of alkyl halides is 1. The van der Waals surface area contributed by atoms with Gasteiger partial charge in [0.1, 0.15) is 0 Å². The second-order valence-corrected chi connectivity index (χ2v) is 6.69. The van der Waals surface area contributed by atoms with Gasteiger partial charge in [-0.25, -0.2) is 0 Å². The zero-order chi connectivity index (χ0) is 13.1. The first-order valence-corrected chi connectivity index (χ1v) is 8.21. The van der Waals surface area contributed by atoms with E-state index in [-0.39, 0.29) is 0 Å². The van der Waals surface area contributed by atoms with E-state index in [4.69, 9.17) is 11.6 Å². The number of hydrogen-bond acceptors (Lipinski definition) is 1. The van der Waals surface area contributed by atoms with Gasteiger partial charge in [-0.2, -0.15) is 0 Å². The maximum atomic E-state index is 6.24. The Morgan fingerprint density at radius 3 is 2.68 bits per heavy atom. The summed E-state index contributed by atoms with van der Waals surface area (Å²) in [5, 5.41) is 3.71. The lowest BCUT2D eigenvalue weighted by Gasteiger charge is -2.37. The molecule has 2 heteroatoms. The Morgan fingerprint density at radius 2 is 1.95 bits per heavy atom. The van der Waals surface area contributed by atoms with E-state index in [1.54, 1.807) is 11.1 Å². The fraction of sp³-hybridized carbons (Fsp3) is 0.647. The third-order valence-corrected chi connectivity index (χ3v) is 5.62. The number of hydrogen-bond donors (Lipinski definition) is 1. The van der Waals surface area contributed by atoms with Crippen molar-refractivity contribution in [2.24, 2.45) is 5.41 Å². The molecule has 1 aromatic carbocycles. The molecule has 0 saturated heterocycles. The van der Waals surface area contributed by atoms with Gasteiger partial charge in [-0.15, -0.1) is 11.6 Å². The predicted octanol–water partition coefficient (Wildman–Crippen LogP) is 4.11. The Morgan fingerprint density at radius 1 is 1.16 bits per heavy atom. The molecule has 0 bridgehead atoms. The van der Waals surface area contributed by atoms with Crippen LogP contribution in [-0.4, -0.2) is 19.0 Å². The van der Waals surface area contributed by atoms with Gasteiger partial charge < -0.3 is 5.32 Å². The lowest BCUT2D eigenvalue weighted by Crippen LogP contribution is -2.40. The molecule has 0 amide bonds. The smallest absolute Gasteiger partial charge is 0.0292 e. The van der Waals surface area contributed by atoms with Crippen LogP contribution >= 0.6 is 11.6 Å². The summed E-state index contributed by atoms with van der Waals surface area (Å²) >= 11 is 6.24. The normalized spacial score (nSPS) is 24.6. The van der Waals surface area contributed by atoms with E-state index in [1.807, 2.05) is 0 Å². The van der Waals surface area contributed by atoms with E-state index < -0.39 is 0 Å². The Bertz CT molecular complexity index is 423. The molecule has 0 spiro atoms. The average Bonchev–Trinajstić information content (AvgIpc) is 2.45. The number of fused-ring (bicyclic) bond motifs is 1. The fourth-order valence-corrected chi connectivity index (χ4v) is 4.08. The zero-order valence-electron chi connectivity index (χ0n) is 11.6. The highest BCUT2D eigenvalue weighted by atomic mass is 35.5. The van der Waals surface area contributed by atoms with Crippen LogP contribution in [0.25, 0.3) is 0 Å². The largest absolute Gasteiger partial charge is 0.316 e. The highest BCUT2D eigenvalue weighted by Gasteiger charge is 2.32. The fourth-order valence-electron chi connectivity index (χ4n) is 3.72. The minimum Gasteiger partial charge on any atom is -0.316 e. The van der Waals surface area contributed by atoms with Crippen LogP contribution in [0, 0.1) is 5.41 Å². The van der Waals surface area contributed by atoms with Gasteiger partial charge in [-0.05, 0) is 35.8 Å². The van der Waals surface area contributed by atoms with Crippen molar-refractivity contribution in [2.45, 2.75) is 44.4 Å². The molecule has 2 aliphatic carbocycles. The molecule has 1 atom stereocenters. The molecule has 2 aliphatic rings. The standard InChI is InChI=1S/C17H24ClN/c18-12-17(8-4-1-5-9-17)13-19-11-15-10-14-6-2-3-7-16(14)15/h2-3,6-7,15,19H,1,4-5,8-13H2. The first-order valence-electron chi connectivity index (χ1n) is 7.67. The first kappa shape index (κ1) is 13.5. The van der Waals surface area contributed by atoms with E-state index in [0.717, 1.165) is 24.9 Å². The van der Waals surface area contributed by atoms with Gasteiger partial charge in [0.15, 0.2) is 0 Å². The van der Waals surface area contributed by atoms with Crippen LogP contribution in [0.4, 0.5) is 0 Å². The quantitative estimate of drug-likeness (QED) is 0.799. The topological polar surface area (TPSA) is 12.0 Å². The molecule has 0 radical (unpaired) electrons. The Balaban J connectivity index is 1.49. The summed E-state index contributed by atoms with van der Waals surface area (Å²) in [5.41, 5.74) is 3.47. The van der Waals surface area contributed by atoms with Crippen molar-refractivity contribution in [3.8, 4) is 0 Å². The number of rotatable bonds is 5. The van der Waals surface area contributed by atoms with Gasteiger partial charge in [0.25, 0.3) is 0 Å². The molecule has 0 aromatic heterocycles. The van der Waals surface area contributed by atoms with Crippen molar-refractivity contribution in [3.05, 3.63) is 35.4 Å². The van der Waals surface area contributed by atoms with Crippen LogP contribution in [-0.2, 0) is 6.42 Å². The molecule has 1 fully saturated rings. The summed E-state index contributed by atoms with van der Waals surface area (Å²) in [6.45, 7) is 2.23. The molecule has 1 unspecified atom stereocenters. The van der Waals surface area contributed by atoms with E-state index >= 15 is 0 Å². The van der Waals surface area contributed by atoms with E-state index in [1.165, 1.54) is 38.5 Å². The Labute approximate surface area is 121 Å². The molecule has 1 saturated carbocycles. The lowest BCUT2D eigenvalue weighted by atomic mass is 9.74. The summed E-state index contributed by atoms with van der Waals surface area (Å²) in [5.74, 6) is 1.55. The summed E-state index contributed by atoms with van der Waals surface area (Å²) in [6, 6.07) is 8.84. The van der Waals surface area contributed by atoms with E-state index in [2.05, 4.69) is 29.6 Å². The maximum Gasteiger partial charge on any atom is 0.0292 e. The molecule has 1 N–H and O–H groups in total. The second kappa shape index (κ2) is 5.85. The molecule has 0 aliphatic heterocycles. The van der Waals surface area contributed by atoms with Crippen molar-refractivity contribution in [1.82, 2.24) is 5.32 Å². The highest BCUT2D eigenvalue weighted by Crippen LogP contribution is 2.38. The van der Waals surface area contributed by atoms with Crippen molar-refractivity contribution in [3.63, 3.8) is 0 Å². The van der Waals surface area contributed by atoms with Gasteiger partial charge in [-0.1, -0.05) is 43.5 Å². The number of nitrogens with one attached hydrogen (secondary N) is 1. The summed E-state index contributed by atoms with van der Waals surface area (Å²) < 4.78 is 0. The van der Waals surface area contributed by atoms with Crippen LogP contribution < -0.4 is 5.32 Å². The van der Waals surface area contributed by atoms with Crippen LogP contribution in [0.5, 0.6) is 0 Å². The Kier molecular flexibility index (Phi) is 4.14. The maximum absolute atomic E-state index is 6.24. The van der Waals surface area contributed by atoms with Gasteiger partial charge in [0.05, 0.1) is 0 Å². The van der Waals surface area contributed by atoms with Crippen molar-refractivity contribution in [1.29, 1.82) is 0 Å². The van der Waals surface area contributed by atoms with Gasteiger partial charge in [0, 0.05) is 24.9 Å². The molecule has 0 heterocycles. The SMILES string of the molecule is ClCC1(CNCC2Cc3ccccc32)CCCCC1.